The van der Waals surface area contributed by atoms with Gasteiger partial charge in [0.15, 0.2) is 0 Å². The number of hydrogen-bond donors (Lipinski definition) is 1. The zero-order chi connectivity index (χ0) is 10.3. The Morgan fingerprint density at radius 3 is 2.00 bits per heavy atom. The van der Waals surface area contributed by atoms with Crippen LogP contribution in [0.5, 0.6) is 0 Å². The first-order valence-corrected chi connectivity index (χ1v) is 3.31. The Kier molecular flexibility index (Phi) is 4.79. The molecule has 0 heterocycles. The van der Waals surface area contributed by atoms with Gasteiger partial charge in [0.25, 0.3) is 0 Å². The molecular weight excluding hydrogens is 172 g/mol. The minimum Gasteiger partial charge on any atom is -0.478 e. The first-order chi connectivity index (χ1) is 6.24. The lowest BCUT2D eigenvalue weighted by atomic mass is 10.1. The van der Waals surface area contributed by atoms with Crippen LogP contribution in [0.25, 0.3) is 0 Å². The van der Waals surface area contributed by atoms with Crippen molar-refractivity contribution < 1.29 is 19.5 Å². The second-order valence-electron chi connectivity index (χ2n) is 2.05. The molecule has 1 rings (SSSR count). The van der Waals surface area contributed by atoms with Gasteiger partial charge in [0.2, 0.25) is 0 Å². The van der Waals surface area contributed by atoms with Gasteiger partial charge in [0.05, 0.1) is 5.56 Å². The van der Waals surface area contributed by atoms with Crippen molar-refractivity contribution in [3.8, 4) is 0 Å². The first-order valence-electron chi connectivity index (χ1n) is 3.31. The third-order valence-electron chi connectivity index (χ3n) is 1.29. The normalized spacial score (nSPS) is 8.00. The number of carboxylic acids is 1. The van der Waals surface area contributed by atoms with Crippen LogP contribution in [0.4, 0.5) is 0 Å². The molecule has 0 spiro atoms. The van der Waals surface area contributed by atoms with Gasteiger partial charge in [-0.2, -0.15) is 0 Å². The predicted octanol–water partition coefficient (Wildman–Crippen LogP) is 1.01. The third kappa shape index (κ3) is 3.29. The highest BCUT2D eigenvalue weighted by atomic mass is 16.4. The fraction of sp³-hybridized carbons (Fsp3) is 0. The summed E-state index contributed by atoms with van der Waals surface area (Å²) in [6.07, 6.45) is 0.672. The average molecular weight is 180 g/mol. The molecule has 68 valence electrons. The van der Waals surface area contributed by atoms with Gasteiger partial charge in [-0.1, -0.05) is 12.1 Å². The van der Waals surface area contributed by atoms with E-state index in [2.05, 4.69) is 0 Å². The molecule has 4 nitrogen and oxygen atoms in total. The van der Waals surface area contributed by atoms with E-state index >= 15 is 0 Å². The SMILES string of the molecule is C=O.O=Cc1ccc(C(=O)O)cc1. The molecule has 0 saturated carbocycles. The summed E-state index contributed by atoms with van der Waals surface area (Å²) in [5, 5.41) is 8.46. The van der Waals surface area contributed by atoms with Crippen molar-refractivity contribution in [2.24, 2.45) is 0 Å². The van der Waals surface area contributed by atoms with E-state index in [4.69, 9.17) is 9.90 Å². The number of aldehydes is 1. The van der Waals surface area contributed by atoms with Gasteiger partial charge < -0.3 is 9.90 Å². The molecule has 4 heteroatoms. The maximum Gasteiger partial charge on any atom is 0.335 e. The van der Waals surface area contributed by atoms with Crippen molar-refractivity contribution in [2.75, 3.05) is 0 Å². The number of carbonyl (C=O) groups is 3. The summed E-state index contributed by atoms with van der Waals surface area (Å²) >= 11 is 0. The van der Waals surface area contributed by atoms with Crippen LogP contribution in [0, 0.1) is 0 Å². The van der Waals surface area contributed by atoms with Gasteiger partial charge in [-0.15, -0.1) is 0 Å². The van der Waals surface area contributed by atoms with E-state index in [9.17, 15) is 9.59 Å². The van der Waals surface area contributed by atoms with Crippen LogP contribution in [-0.2, 0) is 4.79 Å². The molecule has 0 aliphatic carbocycles. The molecule has 0 saturated heterocycles. The Hall–Kier alpha value is -1.97. The molecule has 0 aliphatic rings. The quantitative estimate of drug-likeness (QED) is 0.689. The van der Waals surface area contributed by atoms with Crippen LogP contribution in [0.1, 0.15) is 20.7 Å². The molecule has 0 aromatic heterocycles. The highest BCUT2D eigenvalue weighted by Gasteiger charge is 1.99. The number of aromatic carboxylic acids is 1. The molecule has 1 N–H and O–H groups in total. The minimum atomic E-state index is -0.984. The molecule has 0 atom stereocenters. The summed E-state index contributed by atoms with van der Waals surface area (Å²) in [6, 6.07) is 5.73. The molecule has 1 aromatic rings. The van der Waals surface area contributed by atoms with E-state index < -0.39 is 5.97 Å². The summed E-state index contributed by atoms with van der Waals surface area (Å²) < 4.78 is 0. The number of benzene rings is 1. The molecule has 0 aliphatic heterocycles. The highest BCUT2D eigenvalue weighted by molar-refractivity contribution is 5.88. The standard InChI is InChI=1S/C8H6O3.CH2O/c9-5-6-1-3-7(4-2-6)8(10)11;1-2/h1-5H,(H,10,11);1H2. The van der Waals surface area contributed by atoms with E-state index in [-0.39, 0.29) is 5.56 Å². The van der Waals surface area contributed by atoms with Crippen molar-refractivity contribution in [2.45, 2.75) is 0 Å². The molecule has 0 radical (unpaired) electrons. The van der Waals surface area contributed by atoms with E-state index in [1.165, 1.54) is 24.3 Å². The van der Waals surface area contributed by atoms with E-state index in [1.807, 2.05) is 6.79 Å². The monoisotopic (exact) mass is 180 g/mol. The first kappa shape index (κ1) is 11.0. The second-order valence-corrected chi connectivity index (χ2v) is 2.05. The van der Waals surface area contributed by atoms with Crippen molar-refractivity contribution in [1.29, 1.82) is 0 Å². The third-order valence-corrected chi connectivity index (χ3v) is 1.29. The topological polar surface area (TPSA) is 71.4 Å². The largest absolute Gasteiger partial charge is 0.478 e. The fourth-order valence-electron chi connectivity index (χ4n) is 0.704. The molecular formula is C9H8O4. The lowest BCUT2D eigenvalue weighted by Crippen LogP contribution is -1.95. The molecule has 0 amide bonds. The maximum absolute atomic E-state index is 10.3. The molecule has 0 fully saturated rings. The minimum absolute atomic E-state index is 0.190. The smallest absolute Gasteiger partial charge is 0.335 e. The Morgan fingerprint density at radius 2 is 1.69 bits per heavy atom. The van der Waals surface area contributed by atoms with Crippen LogP contribution in [0.15, 0.2) is 24.3 Å². The summed E-state index contributed by atoms with van der Waals surface area (Å²) in [4.78, 5) is 28.5. The van der Waals surface area contributed by atoms with Crippen LogP contribution in [0.3, 0.4) is 0 Å². The average Bonchev–Trinajstić information content (AvgIpc) is 2.21. The van der Waals surface area contributed by atoms with Crippen molar-refractivity contribution >= 4 is 19.0 Å². The Bertz CT molecular complexity index is 289. The van der Waals surface area contributed by atoms with Crippen molar-refractivity contribution in [3.63, 3.8) is 0 Å². The Labute approximate surface area is 74.8 Å². The Balaban J connectivity index is 0.000000671. The molecule has 13 heavy (non-hydrogen) atoms. The van der Waals surface area contributed by atoms with E-state index in [0.717, 1.165) is 0 Å². The van der Waals surface area contributed by atoms with Gasteiger partial charge in [-0.05, 0) is 12.1 Å². The Morgan fingerprint density at radius 1 is 1.23 bits per heavy atom. The summed E-state index contributed by atoms with van der Waals surface area (Å²) in [6.45, 7) is 2.00. The number of rotatable bonds is 2. The van der Waals surface area contributed by atoms with E-state index in [0.29, 0.717) is 11.8 Å². The summed E-state index contributed by atoms with van der Waals surface area (Å²) in [5.41, 5.74) is 0.672. The van der Waals surface area contributed by atoms with Crippen LogP contribution >= 0.6 is 0 Å². The van der Waals surface area contributed by atoms with Gasteiger partial charge in [0.1, 0.15) is 13.1 Å². The molecule has 0 unspecified atom stereocenters. The van der Waals surface area contributed by atoms with Crippen LogP contribution < -0.4 is 0 Å². The number of carboxylic acid groups (broad SMARTS) is 1. The van der Waals surface area contributed by atoms with Crippen LogP contribution in [-0.4, -0.2) is 24.2 Å². The van der Waals surface area contributed by atoms with Gasteiger partial charge >= 0.3 is 5.97 Å². The highest BCUT2D eigenvalue weighted by Crippen LogP contribution is 2.01. The van der Waals surface area contributed by atoms with Crippen LogP contribution in [0.2, 0.25) is 0 Å². The zero-order valence-electron chi connectivity index (χ0n) is 6.77. The molecule has 1 aromatic carbocycles. The zero-order valence-corrected chi connectivity index (χ0v) is 6.77. The second kappa shape index (κ2) is 5.65. The number of carbonyl (C=O) groups excluding carboxylic acids is 2. The lowest BCUT2D eigenvalue weighted by Gasteiger charge is -1.92. The fourth-order valence-corrected chi connectivity index (χ4v) is 0.704. The summed E-state index contributed by atoms with van der Waals surface area (Å²) in [7, 11) is 0. The van der Waals surface area contributed by atoms with Gasteiger partial charge in [-0.3, -0.25) is 4.79 Å². The van der Waals surface area contributed by atoms with Gasteiger partial charge in [-0.25, -0.2) is 4.79 Å². The van der Waals surface area contributed by atoms with Crippen molar-refractivity contribution in [1.82, 2.24) is 0 Å². The predicted molar refractivity (Wildman–Crippen MR) is 45.9 cm³/mol. The molecule has 0 bridgehead atoms. The van der Waals surface area contributed by atoms with Crippen molar-refractivity contribution in [3.05, 3.63) is 35.4 Å². The maximum atomic E-state index is 10.3. The summed E-state index contributed by atoms with van der Waals surface area (Å²) in [5.74, 6) is -0.984. The van der Waals surface area contributed by atoms with Gasteiger partial charge in [0, 0.05) is 5.56 Å². The number of hydrogen-bond acceptors (Lipinski definition) is 3. The lowest BCUT2D eigenvalue weighted by molar-refractivity contribution is -0.0980. The van der Waals surface area contributed by atoms with E-state index in [1.54, 1.807) is 0 Å².